The van der Waals surface area contributed by atoms with Gasteiger partial charge in [-0.15, -0.1) is 0 Å². The van der Waals surface area contributed by atoms with E-state index in [-0.39, 0.29) is 17.8 Å². The van der Waals surface area contributed by atoms with E-state index in [0.29, 0.717) is 37.2 Å². The predicted octanol–water partition coefficient (Wildman–Crippen LogP) is 3.95. The second kappa shape index (κ2) is 6.83. The molecule has 2 aliphatic rings. The van der Waals surface area contributed by atoms with Gasteiger partial charge in [-0.3, -0.25) is 4.79 Å². The Hall–Kier alpha value is -3.07. The van der Waals surface area contributed by atoms with Crippen molar-refractivity contribution in [2.45, 2.75) is 32.8 Å². The molecule has 1 saturated heterocycles. The summed E-state index contributed by atoms with van der Waals surface area (Å²) in [6.45, 7) is 4.89. The Balaban J connectivity index is 1.72. The summed E-state index contributed by atoms with van der Waals surface area (Å²) in [5.74, 6) is 0.275. The standard InChI is InChI=1S/C22H22FN3O2/c1-14(2)28-20-6-4-17(23)10-18(20)15-3-5-19-16(9-15)11-22(21(27)25-19)7-8-26(12-22)13-24/h3-6,9-10,14H,7-8,11-12H2,1-2H3,(H,25,27). The number of anilines is 1. The van der Waals surface area contributed by atoms with Crippen LogP contribution < -0.4 is 10.1 Å². The molecule has 0 radical (unpaired) electrons. The number of halogens is 1. The molecule has 0 saturated carbocycles. The first kappa shape index (κ1) is 18.3. The van der Waals surface area contributed by atoms with Gasteiger partial charge in [-0.05, 0) is 68.1 Å². The normalized spacial score (nSPS) is 20.8. The van der Waals surface area contributed by atoms with Crippen LogP contribution in [0.3, 0.4) is 0 Å². The quantitative estimate of drug-likeness (QED) is 0.820. The van der Waals surface area contributed by atoms with Crippen molar-refractivity contribution in [2.75, 3.05) is 18.4 Å². The van der Waals surface area contributed by atoms with Gasteiger partial charge in [-0.1, -0.05) is 6.07 Å². The predicted molar refractivity (Wildman–Crippen MR) is 104 cm³/mol. The third-order valence-electron chi connectivity index (χ3n) is 5.47. The fraction of sp³-hybridized carbons (Fsp3) is 0.364. The summed E-state index contributed by atoms with van der Waals surface area (Å²) >= 11 is 0. The lowest BCUT2D eigenvalue weighted by molar-refractivity contribution is -0.125. The SMILES string of the molecule is CC(C)Oc1ccc(F)cc1-c1ccc2c(c1)CC1(CCN(C#N)C1)C(=O)N2. The number of carbonyl (C=O) groups is 1. The van der Waals surface area contributed by atoms with Crippen molar-refractivity contribution in [1.29, 1.82) is 5.26 Å². The van der Waals surface area contributed by atoms with Gasteiger partial charge in [-0.2, -0.15) is 5.26 Å². The summed E-state index contributed by atoms with van der Waals surface area (Å²) in [7, 11) is 0. The van der Waals surface area contributed by atoms with Crippen LogP contribution in [0.2, 0.25) is 0 Å². The summed E-state index contributed by atoms with van der Waals surface area (Å²) in [5.41, 5.74) is 2.72. The number of nitriles is 1. The van der Waals surface area contributed by atoms with Gasteiger partial charge in [-0.25, -0.2) is 4.39 Å². The molecule has 2 aromatic carbocycles. The van der Waals surface area contributed by atoms with E-state index < -0.39 is 5.41 Å². The van der Waals surface area contributed by atoms with Gasteiger partial charge in [0.15, 0.2) is 6.19 Å². The summed E-state index contributed by atoms with van der Waals surface area (Å²) in [6, 6.07) is 10.2. The van der Waals surface area contributed by atoms with Crippen LogP contribution >= 0.6 is 0 Å². The Morgan fingerprint density at radius 3 is 2.82 bits per heavy atom. The van der Waals surface area contributed by atoms with Crippen LogP contribution in [0.1, 0.15) is 25.8 Å². The van der Waals surface area contributed by atoms with E-state index in [4.69, 9.17) is 4.74 Å². The molecule has 0 aromatic heterocycles. The van der Waals surface area contributed by atoms with E-state index in [9.17, 15) is 14.4 Å². The van der Waals surface area contributed by atoms with Crippen molar-refractivity contribution in [1.82, 2.24) is 4.90 Å². The number of nitrogens with one attached hydrogen (secondary N) is 1. The minimum Gasteiger partial charge on any atom is -0.490 e. The highest BCUT2D eigenvalue weighted by Gasteiger charge is 2.47. The van der Waals surface area contributed by atoms with Crippen molar-refractivity contribution in [3.8, 4) is 23.1 Å². The van der Waals surface area contributed by atoms with Crippen LogP contribution in [0, 0.1) is 22.7 Å². The molecule has 2 heterocycles. The Bertz CT molecular complexity index is 982. The van der Waals surface area contributed by atoms with Crippen LogP contribution in [-0.2, 0) is 11.2 Å². The Kier molecular flexibility index (Phi) is 4.46. The summed E-state index contributed by atoms with van der Waals surface area (Å²) in [5, 5.41) is 12.2. The smallest absolute Gasteiger partial charge is 0.232 e. The van der Waals surface area contributed by atoms with Crippen LogP contribution in [-0.4, -0.2) is 30.0 Å². The zero-order valence-corrected chi connectivity index (χ0v) is 16.0. The number of nitrogens with zero attached hydrogens (tertiary/aromatic N) is 2. The average Bonchev–Trinajstić information content (AvgIpc) is 3.08. The van der Waals surface area contributed by atoms with Gasteiger partial charge in [0, 0.05) is 24.3 Å². The highest BCUT2D eigenvalue weighted by Crippen LogP contribution is 2.42. The number of rotatable bonds is 3. The molecule has 0 aliphatic carbocycles. The number of amides is 1. The third-order valence-corrected chi connectivity index (χ3v) is 5.47. The molecule has 2 aliphatic heterocycles. The average molecular weight is 379 g/mol. The number of benzene rings is 2. The van der Waals surface area contributed by atoms with Gasteiger partial charge in [0.2, 0.25) is 5.91 Å². The molecule has 1 fully saturated rings. The fourth-order valence-corrected chi connectivity index (χ4v) is 4.10. The molecular weight excluding hydrogens is 357 g/mol. The highest BCUT2D eigenvalue weighted by atomic mass is 19.1. The van der Waals surface area contributed by atoms with Crippen molar-refractivity contribution in [2.24, 2.45) is 5.41 Å². The van der Waals surface area contributed by atoms with E-state index in [2.05, 4.69) is 11.5 Å². The van der Waals surface area contributed by atoms with E-state index in [1.54, 1.807) is 11.0 Å². The maximum atomic E-state index is 13.9. The third kappa shape index (κ3) is 3.18. The van der Waals surface area contributed by atoms with E-state index >= 15 is 0 Å². The molecule has 6 heteroatoms. The minimum absolute atomic E-state index is 0.0277. The Morgan fingerprint density at radius 1 is 1.29 bits per heavy atom. The maximum absolute atomic E-state index is 13.9. The van der Waals surface area contributed by atoms with Crippen molar-refractivity contribution in [3.05, 3.63) is 47.8 Å². The first-order valence-corrected chi connectivity index (χ1v) is 9.46. The largest absolute Gasteiger partial charge is 0.490 e. The topological polar surface area (TPSA) is 65.4 Å². The lowest BCUT2D eigenvalue weighted by Crippen LogP contribution is -2.43. The number of hydrogen-bond acceptors (Lipinski definition) is 4. The molecular formula is C22H22FN3O2. The molecule has 4 rings (SSSR count). The fourth-order valence-electron chi connectivity index (χ4n) is 4.10. The number of likely N-dealkylation sites (tertiary alicyclic amines) is 1. The van der Waals surface area contributed by atoms with E-state index in [0.717, 1.165) is 16.8 Å². The van der Waals surface area contributed by atoms with Crippen LogP contribution in [0.15, 0.2) is 36.4 Å². The van der Waals surface area contributed by atoms with Gasteiger partial charge in [0.05, 0.1) is 11.5 Å². The van der Waals surface area contributed by atoms with Gasteiger partial charge < -0.3 is 15.0 Å². The number of ether oxygens (including phenoxy) is 1. The van der Waals surface area contributed by atoms with Gasteiger partial charge in [0.1, 0.15) is 11.6 Å². The number of hydrogen-bond donors (Lipinski definition) is 1. The maximum Gasteiger partial charge on any atom is 0.232 e. The Labute approximate surface area is 163 Å². The minimum atomic E-state index is -0.583. The monoisotopic (exact) mass is 379 g/mol. The Morgan fingerprint density at radius 2 is 2.11 bits per heavy atom. The highest BCUT2D eigenvalue weighted by molar-refractivity contribution is 5.99. The van der Waals surface area contributed by atoms with Crippen molar-refractivity contribution in [3.63, 3.8) is 0 Å². The molecule has 144 valence electrons. The summed E-state index contributed by atoms with van der Waals surface area (Å²) in [4.78, 5) is 14.3. The lowest BCUT2D eigenvalue weighted by Gasteiger charge is -2.33. The second-order valence-electron chi connectivity index (χ2n) is 7.86. The molecule has 1 N–H and O–H groups in total. The molecule has 2 aromatic rings. The zero-order valence-electron chi connectivity index (χ0n) is 16.0. The van der Waals surface area contributed by atoms with Crippen molar-refractivity contribution < 1.29 is 13.9 Å². The first-order chi connectivity index (χ1) is 13.4. The van der Waals surface area contributed by atoms with Crippen LogP contribution in [0.5, 0.6) is 5.75 Å². The molecule has 28 heavy (non-hydrogen) atoms. The van der Waals surface area contributed by atoms with E-state index in [1.807, 2.05) is 32.0 Å². The molecule has 0 bridgehead atoms. The molecule has 1 atom stereocenters. The zero-order chi connectivity index (χ0) is 19.9. The van der Waals surface area contributed by atoms with E-state index in [1.165, 1.54) is 12.1 Å². The molecule has 1 unspecified atom stereocenters. The lowest BCUT2D eigenvalue weighted by atomic mass is 9.76. The number of fused-ring (bicyclic) bond motifs is 1. The van der Waals surface area contributed by atoms with Gasteiger partial charge in [0.25, 0.3) is 0 Å². The molecule has 1 spiro atoms. The molecule has 5 nitrogen and oxygen atoms in total. The summed E-state index contributed by atoms with van der Waals surface area (Å²) in [6.07, 6.45) is 3.33. The van der Waals surface area contributed by atoms with Crippen LogP contribution in [0.25, 0.3) is 11.1 Å². The first-order valence-electron chi connectivity index (χ1n) is 9.46. The summed E-state index contributed by atoms with van der Waals surface area (Å²) < 4.78 is 19.8. The second-order valence-corrected chi connectivity index (χ2v) is 7.86. The molecule has 1 amide bonds. The van der Waals surface area contributed by atoms with Crippen molar-refractivity contribution >= 4 is 11.6 Å². The number of carbonyl (C=O) groups excluding carboxylic acids is 1. The van der Waals surface area contributed by atoms with Crippen LogP contribution in [0.4, 0.5) is 10.1 Å². The van der Waals surface area contributed by atoms with Gasteiger partial charge >= 0.3 is 0 Å².